The molecule has 2 fully saturated rings. The molecular weight excluding hydrogens is 796 g/mol. The van der Waals surface area contributed by atoms with Gasteiger partial charge in [-0.1, -0.05) is 78.9 Å². The maximum atomic E-state index is 14.2. The van der Waals surface area contributed by atoms with Crippen molar-refractivity contribution in [2.45, 2.75) is 56.0 Å². The second-order valence-corrected chi connectivity index (χ2v) is 16.3. The quantitative estimate of drug-likeness (QED) is 0.153. The molecule has 2 aliphatic heterocycles. The number of nitrogens with one attached hydrogen (secondary N) is 5. The number of H-pyrrole nitrogens is 1. The zero-order valence-electron chi connectivity index (χ0n) is 32.1. The number of halogens is 3. The SMILES string of the molecule is CS(=O)(=O)N1CCN([C@@H]2CC(=O)N[C@@H](Cc3c[nH]c4ccccc34)C(=O)N[C@@H](Cc3ccccc3)C(=O)N[C@H](Cc3ccccc3)CNC2=O)CC1.O=C(O)C(F)(F)F. The molecule has 0 aliphatic carbocycles. The molecule has 6 rings (SSSR count). The Bertz CT molecular complexity index is 2200. The predicted molar refractivity (Wildman–Crippen MR) is 211 cm³/mol. The molecule has 0 radical (unpaired) electrons. The third kappa shape index (κ3) is 12.8. The minimum atomic E-state index is -5.08. The minimum absolute atomic E-state index is 0.0656. The Morgan fingerprint density at radius 3 is 1.88 bits per heavy atom. The van der Waals surface area contributed by atoms with E-state index in [9.17, 15) is 40.8 Å². The summed E-state index contributed by atoms with van der Waals surface area (Å²) in [5, 5.41) is 19.9. The second-order valence-electron chi connectivity index (χ2n) is 14.3. The average molecular weight is 842 g/mol. The lowest BCUT2D eigenvalue weighted by molar-refractivity contribution is -0.192. The normalized spacial score (nSPS) is 21.8. The number of hydrogen-bond acceptors (Lipinski definition) is 8. The highest BCUT2D eigenvalue weighted by Crippen LogP contribution is 2.20. The Morgan fingerprint density at radius 1 is 0.746 bits per heavy atom. The van der Waals surface area contributed by atoms with E-state index >= 15 is 0 Å². The molecule has 4 atom stereocenters. The molecule has 19 heteroatoms. The number of nitrogens with zero attached hydrogens (tertiary/aromatic N) is 2. The van der Waals surface area contributed by atoms with Gasteiger partial charge in [0.05, 0.1) is 24.8 Å². The lowest BCUT2D eigenvalue weighted by Gasteiger charge is -2.38. The van der Waals surface area contributed by atoms with Gasteiger partial charge in [0.15, 0.2) is 0 Å². The molecule has 59 heavy (non-hydrogen) atoms. The number of carbonyl (C=O) groups excluding carboxylic acids is 4. The number of aromatic amines is 1. The van der Waals surface area contributed by atoms with E-state index in [0.29, 0.717) is 6.42 Å². The molecule has 0 bridgehead atoms. The summed E-state index contributed by atoms with van der Waals surface area (Å²) in [7, 11) is -3.43. The first kappa shape index (κ1) is 44.3. The maximum absolute atomic E-state index is 14.2. The predicted octanol–water partition coefficient (Wildman–Crippen LogP) is 1.75. The van der Waals surface area contributed by atoms with Crippen LogP contribution in [0.3, 0.4) is 0 Å². The summed E-state index contributed by atoms with van der Waals surface area (Å²) in [5.41, 5.74) is 3.46. The van der Waals surface area contributed by atoms with Crippen LogP contribution in [0.15, 0.2) is 91.1 Å². The van der Waals surface area contributed by atoms with E-state index in [1.165, 1.54) is 4.31 Å². The van der Waals surface area contributed by atoms with Crippen molar-refractivity contribution in [3.63, 3.8) is 0 Å². The third-order valence-electron chi connectivity index (χ3n) is 9.97. The summed E-state index contributed by atoms with van der Waals surface area (Å²) >= 11 is 0. The van der Waals surface area contributed by atoms with Gasteiger partial charge in [0.25, 0.3) is 0 Å². The van der Waals surface area contributed by atoms with E-state index in [1.54, 1.807) is 11.1 Å². The number of para-hydroxylation sites is 1. The zero-order valence-corrected chi connectivity index (χ0v) is 32.9. The van der Waals surface area contributed by atoms with E-state index in [1.807, 2.05) is 84.9 Å². The molecule has 4 aromatic rings. The van der Waals surface area contributed by atoms with Crippen molar-refractivity contribution < 1.29 is 50.7 Å². The lowest BCUT2D eigenvalue weighted by atomic mass is 10.00. The average Bonchev–Trinajstić information content (AvgIpc) is 3.61. The Labute approximate surface area is 338 Å². The molecule has 0 spiro atoms. The number of rotatable bonds is 8. The highest BCUT2D eigenvalue weighted by Gasteiger charge is 2.38. The van der Waals surface area contributed by atoms with Crippen molar-refractivity contribution >= 4 is 50.5 Å². The molecule has 0 saturated carbocycles. The Morgan fingerprint density at radius 2 is 1.29 bits per heavy atom. The summed E-state index contributed by atoms with van der Waals surface area (Å²) in [6.07, 6.45) is -1.66. The largest absolute Gasteiger partial charge is 0.490 e. The first-order valence-corrected chi connectivity index (χ1v) is 20.6. The standard InChI is InChI=1S/C38H45N7O6S.C2HF3O2/c1-52(50,51)45-18-16-44(17-19-45)34-23-35(46)42-33(22-28-24-39-31-15-9-8-14-30(28)31)37(48)43-32(21-27-12-6-3-7-13-27)36(47)41-29(25-40-38(34)49)20-26-10-4-2-5-11-26;3-2(4,5)1(6)7/h2-15,24,29,32-34,39H,16-23,25H2,1H3,(H,40,49)(H,41,47)(H,42,46)(H,43,48);(H,6,7)/t29-,32+,33+,34-;/m1./s1. The summed E-state index contributed by atoms with van der Waals surface area (Å²) in [6, 6.07) is 23.0. The summed E-state index contributed by atoms with van der Waals surface area (Å²) in [5.74, 6) is -4.66. The summed E-state index contributed by atoms with van der Waals surface area (Å²) in [4.78, 5) is 70.1. The van der Waals surface area contributed by atoms with Crippen LogP contribution in [-0.2, 0) is 53.3 Å². The van der Waals surface area contributed by atoms with Crippen LogP contribution >= 0.6 is 0 Å². The van der Waals surface area contributed by atoms with E-state index < -0.39 is 70.0 Å². The van der Waals surface area contributed by atoms with Crippen molar-refractivity contribution in [2.24, 2.45) is 0 Å². The number of carboxylic acids is 1. The Balaban J connectivity index is 0.000000867. The number of alkyl halides is 3. The molecule has 316 valence electrons. The first-order valence-electron chi connectivity index (χ1n) is 18.8. The van der Waals surface area contributed by atoms with Crippen molar-refractivity contribution in [3.8, 4) is 0 Å². The molecule has 4 amide bonds. The van der Waals surface area contributed by atoms with E-state index in [-0.39, 0.29) is 52.0 Å². The van der Waals surface area contributed by atoms with Crippen LogP contribution in [-0.4, -0.2) is 127 Å². The zero-order chi connectivity index (χ0) is 42.7. The van der Waals surface area contributed by atoms with Crippen LogP contribution < -0.4 is 21.3 Å². The van der Waals surface area contributed by atoms with Crippen molar-refractivity contribution in [2.75, 3.05) is 39.0 Å². The fraction of sp³-hybridized carbons (Fsp3) is 0.375. The van der Waals surface area contributed by atoms with Crippen LogP contribution in [0.25, 0.3) is 10.9 Å². The van der Waals surface area contributed by atoms with Gasteiger partial charge in [-0.25, -0.2) is 13.2 Å². The molecule has 2 aliphatic rings. The van der Waals surface area contributed by atoms with E-state index in [2.05, 4.69) is 26.3 Å². The van der Waals surface area contributed by atoms with Crippen LogP contribution in [0, 0.1) is 0 Å². The number of amides is 4. The topological polar surface area (TPSA) is 210 Å². The number of aliphatic carboxylic acids is 1. The summed E-state index contributed by atoms with van der Waals surface area (Å²) < 4.78 is 57.5. The molecule has 3 heterocycles. The van der Waals surface area contributed by atoms with Gasteiger partial charge in [0.1, 0.15) is 12.1 Å². The van der Waals surface area contributed by atoms with E-state index in [4.69, 9.17) is 9.90 Å². The Kier molecular flexibility index (Phi) is 14.9. The molecule has 3 aromatic carbocycles. The van der Waals surface area contributed by atoms with Gasteiger partial charge in [-0.2, -0.15) is 17.5 Å². The number of carbonyl (C=O) groups is 5. The number of hydrogen-bond donors (Lipinski definition) is 6. The Hall–Kier alpha value is -5.79. The number of carboxylic acid groups (broad SMARTS) is 1. The molecule has 2 saturated heterocycles. The fourth-order valence-electron chi connectivity index (χ4n) is 6.94. The number of benzene rings is 3. The van der Waals surface area contributed by atoms with Gasteiger partial charge in [0.2, 0.25) is 33.7 Å². The number of sulfonamides is 1. The van der Waals surface area contributed by atoms with Crippen LogP contribution in [0.2, 0.25) is 0 Å². The fourth-order valence-corrected chi connectivity index (χ4v) is 7.77. The van der Waals surface area contributed by atoms with Crippen LogP contribution in [0.4, 0.5) is 13.2 Å². The first-order chi connectivity index (χ1) is 28.0. The van der Waals surface area contributed by atoms with Gasteiger partial charge in [-0.15, -0.1) is 0 Å². The number of piperazine rings is 1. The van der Waals surface area contributed by atoms with Crippen molar-refractivity contribution in [1.82, 2.24) is 35.5 Å². The highest BCUT2D eigenvalue weighted by atomic mass is 32.2. The molecule has 15 nitrogen and oxygen atoms in total. The second kappa shape index (κ2) is 19.8. The minimum Gasteiger partial charge on any atom is -0.475 e. The van der Waals surface area contributed by atoms with Crippen LogP contribution in [0.5, 0.6) is 0 Å². The monoisotopic (exact) mass is 841 g/mol. The highest BCUT2D eigenvalue weighted by molar-refractivity contribution is 7.88. The van der Waals surface area contributed by atoms with Gasteiger partial charge < -0.3 is 31.4 Å². The van der Waals surface area contributed by atoms with Gasteiger partial charge in [-0.3, -0.25) is 24.1 Å². The maximum Gasteiger partial charge on any atom is 0.490 e. The smallest absolute Gasteiger partial charge is 0.475 e. The van der Waals surface area contributed by atoms with Gasteiger partial charge in [0, 0.05) is 62.7 Å². The molecular formula is C40H46F3N7O8S. The number of aromatic nitrogens is 1. The van der Waals surface area contributed by atoms with Crippen LogP contribution in [0.1, 0.15) is 23.1 Å². The van der Waals surface area contributed by atoms with E-state index in [0.717, 1.165) is 33.8 Å². The summed E-state index contributed by atoms with van der Waals surface area (Å²) in [6.45, 7) is 0.888. The molecule has 6 N–H and O–H groups in total. The third-order valence-corrected chi connectivity index (χ3v) is 11.3. The lowest BCUT2D eigenvalue weighted by Crippen LogP contribution is -2.60. The van der Waals surface area contributed by atoms with Crippen molar-refractivity contribution in [1.29, 1.82) is 0 Å². The molecule has 0 unspecified atom stereocenters. The molecule has 1 aromatic heterocycles. The van der Waals surface area contributed by atoms with Gasteiger partial charge in [-0.05, 0) is 29.2 Å². The van der Waals surface area contributed by atoms with Crippen molar-refractivity contribution in [3.05, 3.63) is 108 Å². The number of fused-ring (bicyclic) bond motifs is 1. The van der Waals surface area contributed by atoms with Gasteiger partial charge >= 0.3 is 12.1 Å².